The number of hydrogen-bond acceptors (Lipinski definition) is 2. The number of rotatable bonds is 7. The molecular formula is C25H38N2. The summed E-state index contributed by atoms with van der Waals surface area (Å²) < 4.78 is 0. The lowest BCUT2D eigenvalue weighted by Crippen LogP contribution is -2.24. The van der Waals surface area contributed by atoms with Crippen molar-refractivity contribution in [3.8, 4) is 0 Å². The van der Waals surface area contributed by atoms with Gasteiger partial charge in [-0.25, -0.2) is 0 Å². The summed E-state index contributed by atoms with van der Waals surface area (Å²) in [7, 11) is 0. The van der Waals surface area contributed by atoms with Crippen LogP contribution in [0.2, 0.25) is 0 Å². The van der Waals surface area contributed by atoms with Crippen molar-refractivity contribution in [3.05, 3.63) is 59.7 Å². The molecule has 0 aliphatic heterocycles. The van der Waals surface area contributed by atoms with Gasteiger partial charge in [0.15, 0.2) is 0 Å². The first-order valence-electron chi connectivity index (χ1n) is 9.73. The average molecular weight is 367 g/mol. The van der Waals surface area contributed by atoms with Gasteiger partial charge in [0.1, 0.15) is 0 Å². The molecule has 1 aromatic carbocycles. The number of nitrogens with one attached hydrogen (secondary N) is 2. The molecule has 0 bridgehead atoms. The van der Waals surface area contributed by atoms with Crippen LogP contribution in [-0.4, -0.2) is 11.4 Å². The van der Waals surface area contributed by atoms with Gasteiger partial charge in [-0.15, -0.1) is 0 Å². The Bertz CT molecular complexity index is 695. The molecule has 2 nitrogen and oxygen atoms in total. The summed E-state index contributed by atoms with van der Waals surface area (Å²) in [6.45, 7) is 25.5. The lowest BCUT2D eigenvalue weighted by Gasteiger charge is -2.36. The van der Waals surface area contributed by atoms with Crippen molar-refractivity contribution in [2.75, 3.05) is 0 Å². The first-order chi connectivity index (χ1) is 12.1. The van der Waals surface area contributed by atoms with Crippen LogP contribution in [0.25, 0.3) is 0 Å². The quantitative estimate of drug-likeness (QED) is 0.370. The lowest BCUT2D eigenvalue weighted by molar-refractivity contribution is 0.229. The summed E-state index contributed by atoms with van der Waals surface area (Å²) >= 11 is 0. The first-order valence-corrected chi connectivity index (χ1v) is 9.73. The summed E-state index contributed by atoms with van der Waals surface area (Å²) in [5, 5.41) is 16.3. The fourth-order valence-corrected chi connectivity index (χ4v) is 3.46. The van der Waals surface area contributed by atoms with Gasteiger partial charge in [-0.1, -0.05) is 84.5 Å². The van der Waals surface area contributed by atoms with Gasteiger partial charge >= 0.3 is 0 Å². The Labute approximate surface area is 166 Å². The summed E-state index contributed by atoms with van der Waals surface area (Å²) in [5.41, 5.74) is 4.99. The zero-order valence-electron chi connectivity index (χ0n) is 18.6. The van der Waals surface area contributed by atoms with E-state index in [1.807, 2.05) is 6.92 Å². The third-order valence-electron chi connectivity index (χ3n) is 5.12. The molecule has 0 spiro atoms. The molecule has 1 aromatic rings. The second-order valence-electron chi connectivity index (χ2n) is 10.1. The van der Waals surface area contributed by atoms with E-state index < -0.39 is 0 Å². The Kier molecular flexibility index (Phi) is 7.16. The van der Waals surface area contributed by atoms with Crippen LogP contribution in [0.1, 0.15) is 84.8 Å². The summed E-state index contributed by atoms with van der Waals surface area (Å²) in [4.78, 5) is 0. The molecule has 27 heavy (non-hydrogen) atoms. The van der Waals surface area contributed by atoms with Crippen molar-refractivity contribution in [2.24, 2.45) is 10.8 Å². The van der Waals surface area contributed by atoms with Crippen LogP contribution in [-0.2, 0) is 0 Å². The van der Waals surface area contributed by atoms with E-state index in [4.69, 9.17) is 10.8 Å². The molecule has 0 saturated carbocycles. The van der Waals surface area contributed by atoms with E-state index in [1.54, 1.807) is 6.92 Å². The monoisotopic (exact) mass is 366 g/mol. The zero-order valence-corrected chi connectivity index (χ0v) is 18.6. The Morgan fingerprint density at radius 3 is 1.67 bits per heavy atom. The topological polar surface area (TPSA) is 47.7 Å². The molecule has 0 fully saturated rings. The van der Waals surface area contributed by atoms with Crippen LogP contribution < -0.4 is 0 Å². The standard InChI is InChI=1S/C25H38N2/c1-16(2)17(3)22(23(27)18(4)26)20-13-11-19(12-14-20)21(25(8,9)10)15-24(5,6)7/h11-14,21-22,26-27H,1,3,15H2,2,4-10H3. The highest BCUT2D eigenvalue weighted by molar-refractivity contribution is 6.41. The molecule has 0 aromatic heterocycles. The van der Waals surface area contributed by atoms with Gasteiger partial charge in [0, 0.05) is 5.71 Å². The van der Waals surface area contributed by atoms with Crippen molar-refractivity contribution >= 4 is 11.4 Å². The molecule has 2 N–H and O–H groups in total. The van der Waals surface area contributed by atoms with Crippen molar-refractivity contribution in [2.45, 2.75) is 73.6 Å². The van der Waals surface area contributed by atoms with Crippen LogP contribution in [0.3, 0.4) is 0 Å². The van der Waals surface area contributed by atoms with Crippen LogP contribution >= 0.6 is 0 Å². The van der Waals surface area contributed by atoms with Crippen LogP contribution in [0.15, 0.2) is 48.6 Å². The van der Waals surface area contributed by atoms with E-state index in [0.29, 0.717) is 5.92 Å². The number of allylic oxidation sites excluding steroid dienone is 2. The molecule has 148 valence electrons. The third kappa shape index (κ3) is 6.30. The molecule has 0 heterocycles. The predicted octanol–water partition coefficient (Wildman–Crippen LogP) is 7.53. The Morgan fingerprint density at radius 2 is 1.33 bits per heavy atom. The maximum atomic E-state index is 8.39. The van der Waals surface area contributed by atoms with Crippen molar-refractivity contribution < 1.29 is 0 Å². The number of benzene rings is 1. The van der Waals surface area contributed by atoms with Crippen LogP contribution in [0.5, 0.6) is 0 Å². The summed E-state index contributed by atoms with van der Waals surface area (Å²) in [5.74, 6) is 0.156. The van der Waals surface area contributed by atoms with Crippen molar-refractivity contribution in [1.82, 2.24) is 0 Å². The van der Waals surface area contributed by atoms with Crippen molar-refractivity contribution in [3.63, 3.8) is 0 Å². The lowest BCUT2D eigenvalue weighted by atomic mass is 9.69. The van der Waals surface area contributed by atoms with Gasteiger partial charge in [0.2, 0.25) is 0 Å². The maximum absolute atomic E-state index is 8.39. The normalized spacial score (nSPS) is 14.4. The summed E-state index contributed by atoms with van der Waals surface area (Å²) in [6, 6.07) is 8.60. The fraction of sp³-hybridized carbons (Fsp3) is 0.520. The number of hydrogen-bond donors (Lipinski definition) is 2. The molecule has 2 unspecified atom stereocenters. The van der Waals surface area contributed by atoms with E-state index in [1.165, 1.54) is 5.56 Å². The molecule has 0 aliphatic carbocycles. The Morgan fingerprint density at radius 1 is 0.889 bits per heavy atom. The molecular weight excluding hydrogens is 328 g/mol. The minimum absolute atomic E-state index is 0.174. The maximum Gasteiger partial charge on any atom is 0.0637 e. The molecule has 2 heteroatoms. The molecule has 0 radical (unpaired) electrons. The van der Waals surface area contributed by atoms with Gasteiger partial charge < -0.3 is 10.8 Å². The average Bonchev–Trinajstić information content (AvgIpc) is 2.51. The molecule has 0 amide bonds. The minimum atomic E-state index is -0.301. The van der Waals surface area contributed by atoms with Gasteiger partial charge in [-0.05, 0) is 53.7 Å². The summed E-state index contributed by atoms with van der Waals surface area (Å²) in [6.07, 6.45) is 1.12. The van der Waals surface area contributed by atoms with Crippen LogP contribution in [0.4, 0.5) is 0 Å². The van der Waals surface area contributed by atoms with E-state index in [2.05, 4.69) is 79.0 Å². The van der Waals surface area contributed by atoms with Crippen LogP contribution in [0, 0.1) is 21.6 Å². The second kappa shape index (κ2) is 8.37. The smallest absolute Gasteiger partial charge is 0.0637 e. The second-order valence-corrected chi connectivity index (χ2v) is 10.1. The van der Waals surface area contributed by atoms with Gasteiger partial charge in [-0.2, -0.15) is 0 Å². The first kappa shape index (κ1) is 23.1. The Balaban J connectivity index is 3.34. The molecule has 0 saturated heterocycles. The zero-order chi connectivity index (χ0) is 21.2. The highest BCUT2D eigenvalue weighted by atomic mass is 14.5. The predicted molar refractivity (Wildman–Crippen MR) is 121 cm³/mol. The minimum Gasteiger partial charge on any atom is -0.304 e. The van der Waals surface area contributed by atoms with Gasteiger partial charge in [0.25, 0.3) is 0 Å². The van der Waals surface area contributed by atoms with E-state index in [-0.39, 0.29) is 28.2 Å². The van der Waals surface area contributed by atoms with Gasteiger partial charge in [0.05, 0.1) is 11.6 Å². The third-order valence-corrected chi connectivity index (χ3v) is 5.12. The van der Waals surface area contributed by atoms with Crippen molar-refractivity contribution in [1.29, 1.82) is 10.8 Å². The largest absolute Gasteiger partial charge is 0.304 e. The molecule has 2 atom stereocenters. The van der Waals surface area contributed by atoms with E-state index in [0.717, 1.165) is 23.1 Å². The fourth-order valence-electron chi connectivity index (χ4n) is 3.46. The highest BCUT2D eigenvalue weighted by Crippen LogP contribution is 2.43. The SMILES string of the molecule is C=C(C)C(=C)C(C(=N)C(C)=N)c1ccc(C(CC(C)(C)C)C(C)(C)C)cc1. The molecule has 0 aliphatic rings. The highest BCUT2D eigenvalue weighted by Gasteiger charge is 2.31. The Hall–Kier alpha value is -1.96. The molecule has 1 rings (SSSR count). The van der Waals surface area contributed by atoms with E-state index >= 15 is 0 Å². The van der Waals surface area contributed by atoms with E-state index in [9.17, 15) is 0 Å². The van der Waals surface area contributed by atoms with Gasteiger partial charge in [-0.3, -0.25) is 0 Å².